The van der Waals surface area contributed by atoms with Crippen molar-refractivity contribution in [1.29, 1.82) is 0 Å². The van der Waals surface area contributed by atoms with Gasteiger partial charge in [-0.2, -0.15) is 0 Å². The minimum atomic E-state index is -0.0507. The summed E-state index contributed by atoms with van der Waals surface area (Å²) in [6.45, 7) is 3.33. The molecule has 29 heavy (non-hydrogen) atoms. The van der Waals surface area contributed by atoms with Crippen LogP contribution in [0.4, 0.5) is 0 Å². The van der Waals surface area contributed by atoms with Crippen LogP contribution in [0, 0.1) is 6.92 Å². The molecule has 1 aromatic heterocycles. The third-order valence-electron chi connectivity index (χ3n) is 5.49. The Morgan fingerprint density at radius 1 is 0.897 bits per heavy atom. The van der Waals surface area contributed by atoms with Crippen LogP contribution < -0.4 is 5.32 Å². The Bertz CT molecular complexity index is 988. The maximum atomic E-state index is 13.0. The lowest BCUT2D eigenvalue weighted by Crippen LogP contribution is -2.46. The van der Waals surface area contributed by atoms with Gasteiger partial charge in [-0.15, -0.1) is 0 Å². The zero-order valence-corrected chi connectivity index (χ0v) is 16.5. The van der Waals surface area contributed by atoms with Crippen molar-refractivity contribution < 1.29 is 9.59 Å². The molecule has 5 heteroatoms. The molecule has 4 rings (SSSR count). The molecule has 148 valence electrons. The van der Waals surface area contributed by atoms with Crippen LogP contribution >= 0.6 is 0 Å². The van der Waals surface area contributed by atoms with Crippen LogP contribution in [-0.4, -0.2) is 40.4 Å². The van der Waals surface area contributed by atoms with Gasteiger partial charge in [-0.05, 0) is 61.7 Å². The third kappa shape index (κ3) is 4.24. The summed E-state index contributed by atoms with van der Waals surface area (Å²) in [5.41, 5.74) is 3.51. The Hall–Kier alpha value is -3.34. The van der Waals surface area contributed by atoms with E-state index in [9.17, 15) is 9.59 Å². The van der Waals surface area contributed by atoms with E-state index < -0.39 is 0 Å². The van der Waals surface area contributed by atoms with Crippen molar-refractivity contribution in [2.24, 2.45) is 0 Å². The standard InChI is InChI=1S/C24H25N3O2/c1-18-9-10-20(17-22(18)26-13-5-6-14-26)24(29)27-15-11-21(12-16-27)25-23(28)19-7-3-2-4-8-19/h2-10,13-14,17,21H,11-12,15-16H2,1H3,(H,25,28). The fraction of sp³-hybridized carbons (Fsp3) is 0.250. The summed E-state index contributed by atoms with van der Waals surface area (Å²) in [6.07, 6.45) is 5.50. The smallest absolute Gasteiger partial charge is 0.253 e. The van der Waals surface area contributed by atoms with Gasteiger partial charge >= 0.3 is 0 Å². The van der Waals surface area contributed by atoms with E-state index in [-0.39, 0.29) is 17.9 Å². The molecule has 0 saturated carbocycles. The molecule has 1 N–H and O–H groups in total. The van der Waals surface area contributed by atoms with Crippen LogP contribution in [0.2, 0.25) is 0 Å². The van der Waals surface area contributed by atoms with Crippen LogP contribution in [0.3, 0.4) is 0 Å². The second-order valence-electron chi connectivity index (χ2n) is 7.50. The molecule has 5 nitrogen and oxygen atoms in total. The zero-order valence-electron chi connectivity index (χ0n) is 16.5. The number of nitrogens with one attached hydrogen (secondary N) is 1. The number of hydrogen-bond donors (Lipinski definition) is 1. The normalized spacial score (nSPS) is 14.6. The number of piperidine rings is 1. The summed E-state index contributed by atoms with van der Waals surface area (Å²) >= 11 is 0. The molecule has 2 aromatic carbocycles. The Morgan fingerprint density at radius 2 is 1.59 bits per heavy atom. The summed E-state index contributed by atoms with van der Waals surface area (Å²) < 4.78 is 2.03. The van der Waals surface area contributed by atoms with Crippen LogP contribution in [0.25, 0.3) is 5.69 Å². The van der Waals surface area contributed by atoms with Gasteiger partial charge in [0.1, 0.15) is 0 Å². The molecule has 2 heterocycles. The maximum absolute atomic E-state index is 13.0. The molecule has 0 radical (unpaired) electrons. The van der Waals surface area contributed by atoms with Gasteiger partial charge in [0.05, 0.1) is 0 Å². The maximum Gasteiger partial charge on any atom is 0.253 e. The first kappa shape index (κ1) is 19.0. The van der Waals surface area contributed by atoms with Gasteiger partial charge in [0.25, 0.3) is 11.8 Å². The van der Waals surface area contributed by atoms with E-state index >= 15 is 0 Å². The lowest BCUT2D eigenvalue weighted by molar-refractivity contribution is 0.0698. The second-order valence-corrected chi connectivity index (χ2v) is 7.50. The van der Waals surface area contributed by atoms with Gasteiger partial charge in [0, 0.05) is 48.3 Å². The summed E-state index contributed by atoms with van der Waals surface area (Å²) in [6, 6.07) is 19.1. The lowest BCUT2D eigenvalue weighted by Gasteiger charge is -2.32. The molecule has 0 atom stereocenters. The first-order valence-electron chi connectivity index (χ1n) is 10.0. The number of aryl methyl sites for hydroxylation is 1. The summed E-state index contributed by atoms with van der Waals surface area (Å²) in [4.78, 5) is 27.2. The van der Waals surface area contributed by atoms with E-state index in [4.69, 9.17) is 0 Å². The van der Waals surface area contributed by atoms with E-state index in [1.165, 1.54) is 0 Å². The Balaban J connectivity index is 1.38. The zero-order chi connectivity index (χ0) is 20.2. The van der Waals surface area contributed by atoms with E-state index in [0.717, 1.165) is 24.1 Å². The molecular formula is C24H25N3O2. The monoisotopic (exact) mass is 387 g/mol. The molecule has 1 aliphatic rings. The number of likely N-dealkylation sites (tertiary alicyclic amines) is 1. The fourth-order valence-electron chi connectivity index (χ4n) is 3.78. The highest BCUT2D eigenvalue weighted by atomic mass is 16.2. The van der Waals surface area contributed by atoms with Crippen LogP contribution in [0.5, 0.6) is 0 Å². The molecule has 1 fully saturated rings. The van der Waals surface area contributed by atoms with Gasteiger partial charge in [-0.25, -0.2) is 0 Å². The largest absolute Gasteiger partial charge is 0.349 e. The number of amides is 2. The molecule has 1 saturated heterocycles. The highest BCUT2D eigenvalue weighted by Crippen LogP contribution is 2.20. The van der Waals surface area contributed by atoms with E-state index in [0.29, 0.717) is 24.2 Å². The van der Waals surface area contributed by atoms with Gasteiger partial charge in [0.2, 0.25) is 0 Å². The summed E-state index contributed by atoms with van der Waals surface area (Å²) in [5, 5.41) is 3.09. The second kappa shape index (κ2) is 8.35. The predicted molar refractivity (Wildman–Crippen MR) is 113 cm³/mol. The Kier molecular flexibility index (Phi) is 5.47. The van der Waals surface area contributed by atoms with Gasteiger partial charge < -0.3 is 14.8 Å². The minimum Gasteiger partial charge on any atom is -0.349 e. The van der Waals surface area contributed by atoms with Gasteiger partial charge in [-0.3, -0.25) is 9.59 Å². The number of rotatable bonds is 4. The van der Waals surface area contributed by atoms with Crippen LogP contribution in [0.15, 0.2) is 73.1 Å². The van der Waals surface area contributed by atoms with Gasteiger partial charge in [-0.1, -0.05) is 24.3 Å². The van der Waals surface area contributed by atoms with E-state index in [1.807, 2.05) is 89.4 Å². The number of carbonyl (C=O) groups excluding carboxylic acids is 2. The number of carbonyl (C=O) groups is 2. The number of nitrogens with zero attached hydrogens (tertiary/aromatic N) is 2. The van der Waals surface area contributed by atoms with Crippen LogP contribution in [0.1, 0.15) is 39.1 Å². The molecule has 3 aromatic rings. The lowest BCUT2D eigenvalue weighted by atomic mass is 10.0. The molecule has 0 spiro atoms. The first-order valence-corrected chi connectivity index (χ1v) is 10.0. The van der Waals surface area contributed by atoms with Crippen LogP contribution in [-0.2, 0) is 0 Å². The predicted octanol–water partition coefficient (Wildman–Crippen LogP) is 3.82. The van der Waals surface area contributed by atoms with Crippen molar-refractivity contribution in [3.05, 3.63) is 89.7 Å². The topological polar surface area (TPSA) is 54.3 Å². The molecule has 0 bridgehead atoms. The Labute approximate surface area is 171 Å². The highest BCUT2D eigenvalue weighted by molar-refractivity contribution is 5.95. The molecule has 0 aliphatic carbocycles. The van der Waals surface area contributed by atoms with E-state index in [1.54, 1.807) is 0 Å². The number of aromatic nitrogens is 1. The van der Waals surface area contributed by atoms with Crippen molar-refractivity contribution in [2.45, 2.75) is 25.8 Å². The summed E-state index contributed by atoms with van der Waals surface area (Å²) in [5.74, 6) is -0.00322. The average molecular weight is 387 g/mol. The van der Waals surface area contributed by atoms with Crippen molar-refractivity contribution in [3.63, 3.8) is 0 Å². The molecule has 1 aliphatic heterocycles. The van der Waals surface area contributed by atoms with Crippen molar-refractivity contribution in [2.75, 3.05) is 13.1 Å². The SMILES string of the molecule is Cc1ccc(C(=O)N2CCC(NC(=O)c3ccccc3)CC2)cc1-n1cccc1. The van der Waals surface area contributed by atoms with Crippen molar-refractivity contribution >= 4 is 11.8 Å². The number of hydrogen-bond acceptors (Lipinski definition) is 2. The highest BCUT2D eigenvalue weighted by Gasteiger charge is 2.25. The van der Waals surface area contributed by atoms with E-state index in [2.05, 4.69) is 5.32 Å². The fourth-order valence-corrected chi connectivity index (χ4v) is 3.78. The summed E-state index contributed by atoms with van der Waals surface area (Å²) in [7, 11) is 0. The number of benzene rings is 2. The molecule has 0 unspecified atom stereocenters. The first-order chi connectivity index (χ1) is 14.1. The van der Waals surface area contributed by atoms with Crippen molar-refractivity contribution in [3.8, 4) is 5.69 Å². The third-order valence-corrected chi connectivity index (χ3v) is 5.49. The quantitative estimate of drug-likeness (QED) is 0.740. The Morgan fingerprint density at radius 3 is 2.28 bits per heavy atom. The average Bonchev–Trinajstić information content (AvgIpc) is 3.29. The molecular weight excluding hydrogens is 362 g/mol. The van der Waals surface area contributed by atoms with Gasteiger partial charge in [0.15, 0.2) is 0 Å². The van der Waals surface area contributed by atoms with Crippen molar-refractivity contribution in [1.82, 2.24) is 14.8 Å². The molecule has 2 amide bonds. The minimum absolute atomic E-state index is 0.0474.